The molecule has 7 amide bonds. The number of aromatic nitrogens is 3. The van der Waals surface area contributed by atoms with E-state index in [-0.39, 0.29) is 55.3 Å². The molecule has 20 nitrogen and oxygen atoms in total. The van der Waals surface area contributed by atoms with E-state index in [1.807, 2.05) is 66.3 Å². The van der Waals surface area contributed by atoms with Crippen LogP contribution in [0.25, 0.3) is 0 Å². The Morgan fingerprint density at radius 3 is 2.12 bits per heavy atom. The van der Waals surface area contributed by atoms with Crippen LogP contribution in [0.4, 0.5) is 9.59 Å². The van der Waals surface area contributed by atoms with Crippen molar-refractivity contribution in [1.82, 2.24) is 52.2 Å². The Balaban J connectivity index is 0.951. The van der Waals surface area contributed by atoms with E-state index in [1.54, 1.807) is 53.7 Å². The smallest absolute Gasteiger partial charge is 0.408 e. The molecule has 1 heterocycles. The number of amides is 7. The number of alkyl carbamates (subject to hydrolysis) is 2. The van der Waals surface area contributed by atoms with Gasteiger partial charge in [-0.3, -0.25) is 28.8 Å². The van der Waals surface area contributed by atoms with Gasteiger partial charge in [-0.1, -0.05) is 114 Å². The van der Waals surface area contributed by atoms with Gasteiger partial charge >= 0.3 is 12.2 Å². The zero-order valence-electron chi connectivity index (χ0n) is 50.4. The van der Waals surface area contributed by atoms with Crippen LogP contribution >= 0.6 is 0 Å². The van der Waals surface area contributed by atoms with Gasteiger partial charge in [0.05, 0.1) is 25.3 Å². The third kappa shape index (κ3) is 16.9. The predicted molar refractivity (Wildman–Crippen MR) is 313 cm³/mol. The van der Waals surface area contributed by atoms with Gasteiger partial charge in [-0.05, 0) is 143 Å². The Labute approximate surface area is 490 Å². The summed E-state index contributed by atoms with van der Waals surface area (Å²) in [5.74, 6) is -1.05. The molecule has 4 fully saturated rings. The van der Waals surface area contributed by atoms with Crippen LogP contribution in [0.2, 0.25) is 0 Å². The minimum absolute atomic E-state index is 0.0628. The lowest BCUT2D eigenvalue weighted by Gasteiger charge is -2.60. The summed E-state index contributed by atoms with van der Waals surface area (Å²) < 4.78 is 12.7. The maximum atomic E-state index is 14.2. The van der Waals surface area contributed by atoms with Crippen molar-refractivity contribution in [3.8, 4) is 0 Å². The highest BCUT2D eigenvalue weighted by Gasteiger charge is 2.60. The number of carbonyl (C=O) groups is 8. The summed E-state index contributed by atoms with van der Waals surface area (Å²) >= 11 is 0. The monoisotopic (exact) mass is 1150 g/mol. The third-order valence-electron chi connectivity index (χ3n) is 18.5. The second kappa shape index (κ2) is 28.6. The number of fused-ring (bicyclic) bond motifs is 5. The molecule has 12 atom stereocenters. The van der Waals surface area contributed by atoms with Crippen molar-refractivity contribution >= 4 is 47.5 Å². The fraction of sp³-hybridized carbons (Fsp3) is 0.651. The summed E-state index contributed by atoms with van der Waals surface area (Å²) in [5, 5.41) is 28.4. The van der Waals surface area contributed by atoms with Crippen LogP contribution in [0.1, 0.15) is 169 Å². The zero-order chi connectivity index (χ0) is 60.1. The SMILES string of the molecule is CC[C@H](C)[C@H](NC(=O)OC(C)(C)C)C(=O)N[C@@H](Cc1ccccc1)C(=O)N[C@H](C(=O)NCC(=O)N[C@@H](CCCCNC(=O)OCc1ccccc1)C(=O)NCc1cn([C@@H]2CC[C@@]3(C)[C@@H](CC[C@@H]4[C@@H]3CC[C@]3(C)C(=O)CC[C@@H]43)C2)nn1)C(C)C. The number of unbranched alkanes of at least 4 members (excludes halogenated alkanes) is 1. The Hall–Kier alpha value is -6.86. The summed E-state index contributed by atoms with van der Waals surface area (Å²) in [6.07, 6.45) is 11.5. The van der Waals surface area contributed by atoms with Crippen molar-refractivity contribution in [3.63, 3.8) is 0 Å². The summed E-state index contributed by atoms with van der Waals surface area (Å²) in [5.41, 5.74) is 1.43. The van der Waals surface area contributed by atoms with Crippen LogP contribution in [0.15, 0.2) is 66.9 Å². The van der Waals surface area contributed by atoms with E-state index in [4.69, 9.17) is 9.47 Å². The van der Waals surface area contributed by atoms with Gasteiger partial charge in [0.25, 0.3) is 0 Å². The molecule has 4 aliphatic carbocycles. The van der Waals surface area contributed by atoms with Gasteiger partial charge in [-0.15, -0.1) is 5.10 Å². The molecule has 0 aliphatic heterocycles. The highest BCUT2D eigenvalue weighted by atomic mass is 16.6. The van der Waals surface area contributed by atoms with Gasteiger partial charge in [-0.2, -0.15) is 0 Å². The third-order valence-corrected chi connectivity index (χ3v) is 18.5. The average molecular weight is 1150 g/mol. The van der Waals surface area contributed by atoms with Gasteiger partial charge in [-0.25, -0.2) is 14.3 Å². The van der Waals surface area contributed by atoms with Crippen molar-refractivity contribution in [1.29, 1.82) is 0 Å². The second-order valence-corrected chi connectivity index (χ2v) is 25.7. The van der Waals surface area contributed by atoms with Crippen LogP contribution in [0.3, 0.4) is 0 Å². The van der Waals surface area contributed by atoms with E-state index in [9.17, 15) is 38.4 Å². The number of ketones is 1. The Morgan fingerprint density at radius 2 is 1.43 bits per heavy atom. The highest BCUT2D eigenvalue weighted by molar-refractivity contribution is 5.95. The molecular weight excluding hydrogens is 1060 g/mol. The number of Topliss-reactive ketones (excluding diaryl/α,β-unsaturated/α-hetero) is 1. The van der Waals surface area contributed by atoms with E-state index in [1.165, 1.54) is 6.42 Å². The Kier molecular flexibility index (Phi) is 22.0. The largest absolute Gasteiger partial charge is 0.445 e. The van der Waals surface area contributed by atoms with Crippen LogP contribution in [0, 0.1) is 46.3 Å². The quantitative estimate of drug-likeness (QED) is 0.0405. The number of nitrogens with zero attached hydrogens (tertiary/aromatic N) is 3. The molecule has 0 spiro atoms. The Morgan fingerprint density at radius 1 is 0.723 bits per heavy atom. The normalized spacial score (nSPS) is 24.7. The minimum atomic E-state index is -1.17. The second-order valence-electron chi connectivity index (χ2n) is 25.7. The van der Waals surface area contributed by atoms with Crippen LogP contribution in [-0.2, 0) is 57.8 Å². The molecule has 4 aliphatic rings. The molecule has 83 heavy (non-hydrogen) atoms. The first-order valence-electron chi connectivity index (χ1n) is 30.4. The lowest BCUT2D eigenvalue weighted by Crippen LogP contribution is -2.59. The van der Waals surface area contributed by atoms with Crippen LogP contribution in [-0.4, -0.2) is 105 Å². The molecule has 0 bridgehead atoms. The van der Waals surface area contributed by atoms with Crippen molar-refractivity contribution in [3.05, 3.63) is 83.7 Å². The molecule has 0 saturated heterocycles. The van der Waals surface area contributed by atoms with E-state index in [0.29, 0.717) is 54.4 Å². The topological polar surface area (TPSA) is 270 Å². The molecule has 3 aromatic rings. The van der Waals surface area contributed by atoms with E-state index >= 15 is 0 Å². The summed E-state index contributed by atoms with van der Waals surface area (Å²) in [6, 6.07) is 14.2. The van der Waals surface area contributed by atoms with E-state index in [2.05, 4.69) is 61.4 Å². The molecular formula is C63H92N10O10. The summed E-state index contributed by atoms with van der Waals surface area (Å²) in [6.45, 7) is 16.9. The fourth-order valence-electron chi connectivity index (χ4n) is 13.6. The number of nitrogens with one attached hydrogen (secondary N) is 7. The lowest BCUT2D eigenvalue weighted by atomic mass is 9.45. The van der Waals surface area contributed by atoms with Crippen molar-refractivity contribution in [2.45, 2.75) is 201 Å². The number of hydrogen-bond donors (Lipinski definition) is 7. The molecule has 4 saturated carbocycles. The lowest BCUT2D eigenvalue weighted by molar-refractivity contribution is -0.140. The number of carbonyl (C=O) groups excluding carboxylic acids is 8. The van der Waals surface area contributed by atoms with E-state index in [0.717, 1.165) is 62.5 Å². The minimum Gasteiger partial charge on any atom is -0.445 e. The standard InChI is InChI=1S/C63H92N10O10/c1-10-40(4)54(70-60(81)83-61(5,6)7)58(79)68-50(33-41-19-13-11-14-20-41)56(77)69-53(39(2)3)57(78)66-36-52(75)67-49(23-17-18-32-64-59(80)82-38-42-21-15-12-16-22-42)55(76)65-35-44-37-73(72-71-44)45-28-30-62(8)43(34-45)24-25-46-47-26-27-51(74)63(47,9)31-29-48(46)62/h11-16,19-22,37,39-40,43,45-50,53-54H,10,17-18,23-36,38H2,1-9H3,(H,64,80)(H,65,76)(H,66,78)(H,67,75)(H,68,79)(H,69,77)(H,70,81)/t40-,43-,45+,46-,47-,48-,49-,50-,53-,54-,62-,63-/m0/s1. The summed E-state index contributed by atoms with van der Waals surface area (Å²) in [4.78, 5) is 108. The molecule has 2 aromatic carbocycles. The van der Waals surface area contributed by atoms with Crippen LogP contribution < -0.4 is 37.2 Å². The molecule has 454 valence electrons. The number of rotatable bonds is 25. The first-order chi connectivity index (χ1) is 39.5. The highest BCUT2D eigenvalue weighted by Crippen LogP contribution is 2.66. The predicted octanol–water partition coefficient (Wildman–Crippen LogP) is 7.55. The van der Waals surface area contributed by atoms with Gasteiger partial charge in [0.2, 0.25) is 29.5 Å². The summed E-state index contributed by atoms with van der Waals surface area (Å²) in [7, 11) is 0. The van der Waals surface area contributed by atoms with Gasteiger partial charge in [0.1, 0.15) is 47.9 Å². The number of hydrogen-bond acceptors (Lipinski definition) is 12. The fourth-order valence-corrected chi connectivity index (χ4v) is 13.6. The maximum absolute atomic E-state index is 14.2. The molecule has 0 radical (unpaired) electrons. The molecule has 1 aromatic heterocycles. The Bertz CT molecular complexity index is 2720. The van der Waals surface area contributed by atoms with E-state index < -0.39 is 84.0 Å². The van der Waals surface area contributed by atoms with Crippen molar-refractivity contribution in [2.75, 3.05) is 13.1 Å². The van der Waals surface area contributed by atoms with Gasteiger partial charge in [0.15, 0.2) is 0 Å². The maximum Gasteiger partial charge on any atom is 0.408 e. The number of ether oxygens (including phenoxy) is 2. The van der Waals surface area contributed by atoms with Crippen LogP contribution in [0.5, 0.6) is 0 Å². The molecule has 7 rings (SSSR count). The van der Waals surface area contributed by atoms with Gasteiger partial charge < -0.3 is 46.7 Å². The van der Waals surface area contributed by atoms with Crippen molar-refractivity contribution in [2.24, 2.45) is 46.3 Å². The van der Waals surface area contributed by atoms with Gasteiger partial charge in [0, 0.05) is 24.8 Å². The van der Waals surface area contributed by atoms with Crippen molar-refractivity contribution < 1.29 is 47.8 Å². The first-order valence-corrected chi connectivity index (χ1v) is 30.4. The zero-order valence-corrected chi connectivity index (χ0v) is 50.4. The molecule has 20 heteroatoms. The molecule has 7 N–H and O–H groups in total. The first kappa shape index (κ1) is 63.7. The average Bonchev–Trinajstić information content (AvgIpc) is 1.96. The molecule has 0 unspecified atom stereocenters. The number of benzene rings is 2.